The van der Waals surface area contributed by atoms with Crippen molar-refractivity contribution < 1.29 is 9.90 Å². The molecule has 70 valence electrons. The van der Waals surface area contributed by atoms with E-state index in [0.717, 1.165) is 5.56 Å². The molecule has 0 aliphatic rings. The molecular formula is C10H7NO2S. The molecule has 14 heavy (non-hydrogen) atoms. The lowest BCUT2D eigenvalue weighted by atomic mass is 10.2. The molecule has 1 atom stereocenters. The van der Waals surface area contributed by atoms with Crippen LogP contribution in [0.15, 0.2) is 41.2 Å². The summed E-state index contributed by atoms with van der Waals surface area (Å²) in [5.41, 5.74) is 3.05. The van der Waals surface area contributed by atoms with Crippen LogP contribution in [-0.4, -0.2) is 10.3 Å². The Hall–Kier alpha value is -1.68. The Morgan fingerprint density at radius 1 is 1.29 bits per heavy atom. The van der Waals surface area contributed by atoms with Crippen LogP contribution in [-0.2, 0) is 0 Å². The zero-order valence-corrected chi connectivity index (χ0v) is 8.03. The third-order valence-electron chi connectivity index (χ3n) is 1.81. The van der Waals surface area contributed by atoms with Crippen molar-refractivity contribution in [2.45, 2.75) is 0 Å². The van der Waals surface area contributed by atoms with E-state index >= 15 is 0 Å². The number of hydrogen-bond acceptors (Lipinski definition) is 3. The molecule has 1 aromatic heterocycles. The molecule has 0 aliphatic heterocycles. The van der Waals surface area contributed by atoms with Crippen molar-refractivity contribution in [3.63, 3.8) is 0 Å². The van der Waals surface area contributed by atoms with Gasteiger partial charge in [-0.25, -0.2) is 0 Å². The first-order valence-corrected chi connectivity index (χ1v) is 5.37. The summed E-state index contributed by atoms with van der Waals surface area (Å²) >= 11 is 0. The average molecular weight is 205 g/mol. The van der Waals surface area contributed by atoms with Crippen LogP contribution in [0.2, 0.25) is 0 Å². The highest BCUT2D eigenvalue weighted by Gasteiger charge is 2.11. The Morgan fingerprint density at radius 3 is 2.57 bits per heavy atom. The summed E-state index contributed by atoms with van der Waals surface area (Å²) in [5.74, 6) is 0. The van der Waals surface area contributed by atoms with Gasteiger partial charge in [-0.2, -0.15) is 4.98 Å². The minimum Gasteiger partial charge on any atom is -0.500 e. The van der Waals surface area contributed by atoms with Crippen molar-refractivity contribution in [3.05, 3.63) is 41.2 Å². The summed E-state index contributed by atoms with van der Waals surface area (Å²) in [6.45, 7) is 0. The van der Waals surface area contributed by atoms with Gasteiger partial charge in [0.25, 0.3) is 0 Å². The van der Waals surface area contributed by atoms with E-state index in [9.17, 15) is 9.90 Å². The standard InChI is InChI=1S/C10H7NO2S/c12-10(13)14-6-9(11-7-14)8-4-2-1-3-5-8/h1-7H. The molecule has 3 nitrogen and oxygen atoms in total. The summed E-state index contributed by atoms with van der Waals surface area (Å²) in [5, 5.41) is 11.1. The third-order valence-corrected chi connectivity index (χ3v) is 3.00. The van der Waals surface area contributed by atoms with E-state index < -0.39 is 15.8 Å². The SMILES string of the molecule is O=C([O-])[s+]1cnc(-c2ccccc2)c1. The molecule has 0 amide bonds. The molecule has 4 heteroatoms. The lowest BCUT2D eigenvalue weighted by Gasteiger charge is -1.90. The van der Waals surface area contributed by atoms with Gasteiger partial charge in [-0.1, -0.05) is 30.3 Å². The lowest BCUT2D eigenvalue weighted by Crippen LogP contribution is -2.15. The fourth-order valence-electron chi connectivity index (χ4n) is 1.14. The van der Waals surface area contributed by atoms with Gasteiger partial charge in [-0.15, -0.1) is 0 Å². The van der Waals surface area contributed by atoms with Crippen molar-refractivity contribution in [1.29, 1.82) is 0 Å². The molecule has 1 unspecified atom stereocenters. The number of hydrogen-bond donors (Lipinski definition) is 0. The number of thiazole rings is 1. The zero-order chi connectivity index (χ0) is 9.97. The number of benzene rings is 1. The second kappa shape index (κ2) is 3.59. The van der Waals surface area contributed by atoms with E-state index in [-0.39, 0.29) is 0 Å². The molecule has 0 saturated heterocycles. The van der Waals surface area contributed by atoms with Crippen molar-refractivity contribution in [2.24, 2.45) is 0 Å². The van der Waals surface area contributed by atoms with Gasteiger partial charge in [-0.05, 0) is 0 Å². The largest absolute Gasteiger partial charge is 0.500 e. The van der Waals surface area contributed by atoms with Gasteiger partial charge >= 0.3 is 5.30 Å². The summed E-state index contributed by atoms with van der Waals surface area (Å²) in [4.78, 5) is 14.6. The van der Waals surface area contributed by atoms with Crippen molar-refractivity contribution in [3.8, 4) is 11.3 Å². The minimum absolute atomic E-state index is 0.707. The van der Waals surface area contributed by atoms with Crippen LogP contribution in [0, 0.1) is 0 Å². The number of carbonyl (C=O) groups excluding carboxylic acids is 1. The zero-order valence-electron chi connectivity index (χ0n) is 7.21. The molecule has 0 saturated carbocycles. The minimum atomic E-state index is -1.08. The van der Waals surface area contributed by atoms with Crippen LogP contribution in [0.3, 0.4) is 0 Å². The molecule has 2 aromatic rings. The second-order valence-corrected chi connectivity index (χ2v) is 4.25. The number of carbonyl (C=O) groups is 1. The summed E-state index contributed by atoms with van der Waals surface area (Å²) in [6.07, 6.45) is 0. The maximum Gasteiger partial charge on any atom is 0.302 e. The fourth-order valence-corrected chi connectivity index (χ4v) is 2.05. The van der Waals surface area contributed by atoms with Crippen molar-refractivity contribution in [2.75, 3.05) is 0 Å². The number of rotatable bonds is 2. The van der Waals surface area contributed by atoms with E-state index in [1.807, 2.05) is 30.3 Å². The summed E-state index contributed by atoms with van der Waals surface area (Å²) < 4.78 is 0. The first-order chi connectivity index (χ1) is 6.77. The van der Waals surface area contributed by atoms with Gasteiger partial charge in [0.1, 0.15) is 5.69 Å². The van der Waals surface area contributed by atoms with E-state index in [0.29, 0.717) is 5.69 Å². The Balaban J connectivity index is 2.39. The van der Waals surface area contributed by atoms with Gasteiger partial charge in [0.05, 0.1) is 10.5 Å². The third kappa shape index (κ3) is 1.65. The highest BCUT2D eigenvalue weighted by molar-refractivity contribution is 7.47. The molecule has 0 fully saturated rings. The Morgan fingerprint density at radius 2 is 2.00 bits per heavy atom. The number of aromatic nitrogens is 1. The monoisotopic (exact) mass is 205 g/mol. The van der Waals surface area contributed by atoms with E-state index in [2.05, 4.69) is 4.98 Å². The Kier molecular flexibility index (Phi) is 2.28. The molecule has 2 rings (SSSR count). The second-order valence-electron chi connectivity index (χ2n) is 2.73. The first-order valence-electron chi connectivity index (χ1n) is 4.01. The fraction of sp³-hybridized carbons (Fsp3) is 0. The highest BCUT2D eigenvalue weighted by Crippen LogP contribution is 2.24. The van der Waals surface area contributed by atoms with Crippen LogP contribution in [0.1, 0.15) is 0 Å². The predicted octanol–water partition coefficient (Wildman–Crippen LogP) is 1.69. The smallest absolute Gasteiger partial charge is 0.302 e. The molecule has 0 spiro atoms. The van der Waals surface area contributed by atoms with Crippen LogP contribution >= 0.6 is 10.5 Å². The van der Waals surface area contributed by atoms with Crippen LogP contribution in [0.5, 0.6) is 0 Å². The van der Waals surface area contributed by atoms with Crippen LogP contribution < -0.4 is 5.11 Å². The predicted molar refractivity (Wildman–Crippen MR) is 52.9 cm³/mol. The Bertz CT molecular complexity index is 450. The van der Waals surface area contributed by atoms with Crippen molar-refractivity contribution in [1.82, 2.24) is 4.98 Å². The van der Waals surface area contributed by atoms with Crippen LogP contribution in [0.25, 0.3) is 11.3 Å². The van der Waals surface area contributed by atoms with Crippen molar-refractivity contribution >= 4 is 15.8 Å². The topological polar surface area (TPSA) is 53.0 Å². The molecule has 0 bridgehead atoms. The molecule has 0 aliphatic carbocycles. The van der Waals surface area contributed by atoms with E-state index in [4.69, 9.17) is 0 Å². The van der Waals surface area contributed by atoms with Crippen LogP contribution in [0.4, 0.5) is 4.79 Å². The highest BCUT2D eigenvalue weighted by atomic mass is 32.2. The number of nitrogens with zero attached hydrogens (tertiary/aromatic N) is 1. The molecule has 1 aromatic carbocycles. The average Bonchev–Trinajstić information content (AvgIpc) is 2.68. The number of carboxylic acid groups (broad SMARTS) is 1. The Labute approximate surface area is 83.6 Å². The molecule has 0 N–H and O–H groups in total. The van der Waals surface area contributed by atoms with E-state index in [1.165, 1.54) is 5.51 Å². The molecule has 1 heterocycles. The molecule has 0 radical (unpaired) electrons. The summed E-state index contributed by atoms with van der Waals surface area (Å²) in [6, 6.07) is 9.47. The normalized spacial score (nSPS) is 11.3. The van der Waals surface area contributed by atoms with Gasteiger partial charge in [0, 0.05) is 5.56 Å². The van der Waals surface area contributed by atoms with Gasteiger partial charge in [-0.3, -0.25) is 0 Å². The summed E-state index contributed by atoms with van der Waals surface area (Å²) in [7, 11) is -0.958. The maximum absolute atomic E-state index is 10.5. The van der Waals surface area contributed by atoms with Gasteiger partial charge in [0.2, 0.25) is 5.51 Å². The maximum atomic E-state index is 10.5. The van der Waals surface area contributed by atoms with E-state index in [1.54, 1.807) is 5.38 Å². The lowest BCUT2D eigenvalue weighted by molar-refractivity contribution is -0.233. The molecular weight excluding hydrogens is 198 g/mol. The quantitative estimate of drug-likeness (QED) is 0.701. The first kappa shape index (κ1) is 8.90. The van der Waals surface area contributed by atoms with Gasteiger partial charge in [0.15, 0.2) is 5.38 Å². The van der Waals surface area contributed by atoms with Gasteiger partial charge < -0.3 is 9.90 Å².